The van der Waals surface area contributed by atoms with Gasteiger partial charge in [0.05, 0.1) is 21.3 Å². The van der Waals surface area contributed by atoms with Crippen LogP contribution in [0.1, 0.15) is 17.3 Å². The summed E-state index contributed by atoms with van der Waals surface area (Å²) in [4.78, 5) is 11.5. The van der Waals surface area contributed by atoms with Crippen molar-refractivity contribution in [2.45, 2.75) is 6.92 Å². The van der Waals surface area contributed by atoms with Gasteiger partial charge in [-0.05, 0) is 46.6 Å². The Bertz CT molecular complexity index is 516. The van der Waals surface area contributed by atoms with Gasteiger partial charge in [-0.15, -0.1) is 11.3 Å². The number of hydrogen-bond donors (Lipinski definition) is 0. The van der Waals surface area contributed by atoms with Crippen molar-refractivity contribution in [3.8, 4) is 11.1 Å². The first-order valence-corrected chi connectivity index (χ1v) is 6.76. The van der Waals surface area contributed by atoms with Crippen molar-refractivity contribution >= 4 is 33.2 Å². The van der Waals surface area contributed by atoms with Gasteiger partial charge in [-0.3, -0.25) is 0 Å². The van der Waals surface area contributed by atoms with E-state index in [1.54, 1.807) is 19.1 Å². The van der Waals surface area contributed by atoms with Crippen molar-refractivity contribution < 1.29 is 9.53 Å². The number of thiophene rings is 1. The zero-order valence-corrected chi connectivity index (χ0v) is 11.6. The molecule has 0 N–H and O–H groups in total. The van der Waals surface area contributed by atoms with Crippen molar-refractivity contribution in [3.63, 3.8) is 0 Å². The minimum atomic E-state index is -0.283. The van der Waals surface area contributed by atoms with Gasteiger partial charge in [0, 0.05) is 5.56 Å². The van der Waals surface area contributed by atoms with E-state index in [1.165, 1.54) is 11.3 Å². The Morgan fingerprint density at radius 3 is 2.65 bits per heavy atom. The molecule has 2 aromatic rings. The smallest absolute Gasteiger partial charge is 0.338 e. The minimum Gasteiger partial charge on any atom is -0.462 e. The van der Waals surface area contributed by atoms with E-state index >= 15 is 0 Å². The Kier molecular flexibility index (Phi) is 3.97. The lowest BCUT2D eigenvalue weighted by atomic mass is 10.1. The highest BCUT2D eigenvalue weighted by atomic mass is 79.9. The summed E-state index contributed by atoms with van der Waals surface area (Å²) < 4.78 is 5.97. The molecule has 0 saturated heterocycles. The van der Waals surface area contributed by atoms with Gasteiger partial charge < -0.3 is 4.74 Å². The monoisotopic (exact) mass is 309 g/mol. The van der Waals surface area contributed by atoms with E-state index in [9.17, 15) is 4.79 Å². The maximum atomic E-state index is 11.5. The van der Waals surface area contributed by atoms with Gasteiger partial charge in [-0.1, -0.05) is 12.1 Å². The first kappa shape index (κ1) is 12.3. The maximum absolute atomic E-state index is 11.5. The number of carbonyl (C=O) groups excluding carboxylic acids is 1. The highest BCUT2D eigenvalue weighted by molar-refractivity contribution is 9.11. The molecule has 2 rings (SSSR count). The van der Waals surface area contributed by atoms with Crippen LogP contribution in [-0.4, -0.2) is 12.6 Å². The first-order chi connectivity index (χ1) is 8.20. The second-order valence-electron chi connectivity index (χ2n) is 3.36. The number of benzene rings is 1. The summed E-state index contributed by atoms with van der Waals surface area (Å²) in [5.74, 6) is -0.283. The van der Waals surface area contributed by atoms with Crippen molar-refractivity contribution in [1.82, 2.24) is 0 Å². The zero-order valence-electron chi connectivity index (χ0n) is 9.20. The SMILES string of the molecule is CCOC(=O)c1ccc(-c2[c]sc(Br)c2)cc1. The molecule has 0 fully saturated rings. The molecule has 0 aliphatic rings. The summed E-state index contributed by atoms with van der Waals surface area (Å²) in [5, 5.41) is 3.17. The number of esters is 1. The lowest BCUT2D eigenvalue weighted by Gasteiger charge is -2.02. The van der Waals surface area contributed by atoms with Gasteiger partial charge in [0.25, 0.3) is 0 Å². The van der Waals surface area contributed by atoms with Gasteiger partial charge in [0.1, 0.15) is 0 Å². The molecule has 0 unspecified atom stereocenters. The van der Waals surface area contributed by atoms with Crippen LogP contribution >= 0.6 is 27.3 Å². The Hall–Kier alpha value is -1.13. The lowest BCUT2D eigenvalue weighted by molar-refractivity contribution is 0.0526. The second-order valence-corrected chi connectivity index (χ2v) is 5.59. The lowest BCUT2D eigenvalue weighted by Crippen LogP contribution is -2.03. The van der Waals surface area contributed by atoms with E-state index in [0.717, 1.165) is 14.9 Å². The Morgan fingerprint density at radius 2 is 2.12 bits per heavy atom. The third kappa shape index (κ3) is 2.96. The molecule has 1 radical (unpaired) electrons. The molecule has 17 heavy (non-hydrogen) atoms. The Labute approximate surface area is 112 Å². The minimum absolute atomic E-state index is 0.283. The quantitative estimate of drug-likeness (QED) is 0.796. The zero-order chi connectivity index (χ0) is 12.3. The summed E-state index contributed by atoms with van der Waals surface area (Å²) >= 11 is 4.92. The van der Waals surface area contributed by atoms with Crippen molar-refractivity contribution in [3.05, 3.63) is 45.1 Å². The standard InChI is InChI=1S/C13H10BrO2S/c1-2-16-13(15)10-5-3-9(4-6-10)11-7-12(14)17-8-11/h3-7H,2H2,1H3. The van der Waals surface area contributed by atoms with Crippen LogP contribution in [0, 0.1) is 5.38 Å². The van der Waals surface area contributed by atoms with Crippen LogP contribution in [0.3, 0.4) is 0 Å². The van der Waals surface area contributed by atoms with Gasteiger partial charge in [0.2, 0.25) is 0 Å². The number of rotatable bonds is 3. The summed E-state index contributed by atoms with van der Waals surface area (Å²) in [7, 11) is 0. The van der Waals surface area contributed by atoms with E-state index < -0.39 is 0 Å². The average molecular weight is 310 g/mol. The third-order valence-corrected chi connectivity index (χ3v) is 3.57. The van der Waals surface area contributed by atoms with Crippen LogP contribution in [0.25, 0.3) is 11.1 Å². The Balaban J connectivity index is 2.21. The largest absolute Gasteiger partial charge is 0.462 e. The van der Waals surface area contributed by atoms with E-state index in [-0.39, 0.29) is 5.97 Å². The topological polar surface area (TPSA) is 26.3 Å². The molecule has 0 amide bonds. The van der Waals surface area contributed by atoms with Crippen molar-refractivity contribution in [1.29, 1.82) is 0 Å². The molecular formula is C13H10BrO2S. The number of hydrogen-bond acceptors (Lipinski definition) is 3. The van der Waals surface area contributed by atoms with Crippen molar-refractivity contribution in [2.75, 3.05) is 6.61 Å². The fourth-order valence-corrected chi connectivity index (χ4v) is 2.45. The molecule has 87 valence electrons. The summed E-state index contributed by atoms with van der Waals surface area (Å²) in [6, 6.07) is 9.35. The highest BCUT2D eigenvalue weighted by Crippen LogP contribution is 2.28. The summed E-state index contributed by atoms with van der Waals surface area (Å²) in [6.45, 7) is 2.19. The second kappa shape index (κ2) is 5.47. The molecule has 0 aliphatic heterocycles. The molecule has 2 nitrogen and oxygen atoms in total. The highest BCUT2D eigenvalue weighted by Gasteiger charge is 2.07. The van der Waals surface area contributed by atoms with Gasteiger partial charge in [-0.2, -0.15) is 0 Å². The molecule has 1 aromatic carbocycles. The van der Waals surface area contributed by atoms with Gasteiger partial charge in [0.15, 0.2) is 0 Å². The molecule has 1 heterocycles. The fourth-order valence-electron chi connectivity index (χ4n) is 1.42. The van der Waals surface area contributed by atoms with E-state index in [4.69, 9.17) is 4.74 Å². The first-order valence-electron chi connectivity index (χ1n) is 5.15. The van der Waals surface area contributed by atoms with Crippen LogP contribution < -0.4 is 0 Å². The average Bonchev–Trinajstić information content (AvgIpc) is 2.76. The van der Waals surface area contributed by atoms with Crippen LogP contribution in [0.5, 0.6) is 0 Å². The predicted molar refractivity (Wildman–Crippen MR) is 72.2 cm³/mol. The molecule has 0 bridgehead atoms. The van der Waals surface area contributed by atoms with E-state index in [0.29, 0.717) is 12.2 Å². The van der Waals surface area contributed by atoms with Crippen LogP contribution in [0.2, 0.25) is 0 Å². The third-order valence-electron chi connectivity index (χ3n) is 2.22. The molecule has 0 aliphatic carbocycles. The van der Waals surface area contributed by atoms with E-state index in [1.807, 2.05) is 18.2 Å². The van der Waals surface area contributed by atoms with E-state index in [2.05, 4.69) is 21.3 Å². The Morgan fingerprint density at radius 1 is 1.41 bits per heavy atom. The van der Waals surface area contributed by atoms with Crippen LogP contribution in [0.15, 0.2) is 34.1 Å². The maximum Gasteiger partial charge on any atom is 0.338 e. The number of ether oxygens (including phenoxy) is 1. The molecule has 1 aromatic heterocycles. The van der Waals surface area contributed by atoms with Crippen molar-refractivity contribution in [2.24, 2.45) is 0 Å². The summed E-state index contributed by atoms with van der Waals surface area (Å²) in [6.07, 6.45) is 0. The van der Waals surface area contributed by atoms with Gasteiger partial charge in [-0.25, -0.2) is 4.79 Å². The van der Waals surface area contributed by atoms with Gasteiger partial charge >= 0.3 is 5.97 Å². The summed E-state index contributed by atoms with van der Waals surface area (Å²) in [5.41, 5.74) is 2.64. The van der Waals surface area contributed by atoms with Crippen LogP contribution in [-0.2, 0) is 4.74 Å². The molecule has 0 atom stereocenters. The fraction of sp³-hybridized carbons (Fsp3) is 0.154. The molecule has 0 saturated carbocycles. The molecular weight excluding hydrogens is 300 g/mol. The van der Waals surface area contributed by atoms with Crippen LogP contribution in [0.4, 0.5) is 0 Å². The molecule has 4 heteroatoms. The predicted octanol–water partition coefficient (Wildman–Crippen LogP) is 4.15. The normalized spacial score (nSPS) is 10.2. The number of carbonyl (C=O) groups is 1. The number of halogens is 1. The molecule has 0 spiro atoms.